The summed E-state index contributed by atoms with van der Waals surface area (Å²) in [6, 6.07) is 10.1. The molecule has 5 aliphatic rings. The molecule has 0 aliphatic carbocycles. The van der Waals surface area contributed by atoms with Crippen molar-refractivity contribution < 1.29 is 37.7 Å². The third-order valence-electron chi connectivity index (χ3n) is 11.0. The fraction of sp³-hybridized carbons (Fsp3) is 0.643. The number of carbonyl (C=O) groups is 1. The predicted molar refractivity (Wildman–Crippen MR) is 229 cm³/mol. The van der Waals surface area contributed by atoms with Gasteiger partial charge in [0.15, 0.2) is 0 Å². The number of carbonyl (C=O) groups excluding carboxylic acids is 1. The summed E-state index contributed by atoms with van der Waals surface area (Å²) in [5.74, 6) is 0.721. The Morgan fingerprint density at radius 3 is 2.09 bits per heavy atom. The number of anilines is 1. The van der Waals surface area contributed by atoms with Gasteiger partial charge in [-0.2, -0.15) is 0 Å². The molecule has 11 nitrogen and oxygen atoms in total. The van der Waals surface area contributed by atoms with E-state index in [9.17, 15) is 18.0 Å². The zero-order chi connectivity index (χ0) is 40.6. The van der Waals surface area contributed by atoms with E-state index in [2.05, 4.69) is 47.1 Å². The van der Waals surface area contributed by atoms with E-state index in [4.69, 9.17) is 19.7 Å². The van der Waals surface area contributed by atoms with Crippen LogP contribution in [0, 0.1) is 0 Å². The third-order valence-corrected chi connectivity index (χ3v) is 11.6. The Bertz CT molecular complexity index is 1670. The minimum Gasteiger partial charge on any atom is -0.478 e. The van der Waals surface area contributed by atoms with Crippen LogP contribution in [0.1, 0.15) is 56.9 Å². The van der Waals surface area contributed by atoms with Crippen molar-refractivity contribution in [2.45, 2.75) is 75.3 Å². The minimum absolute atomic E-state index is 0. The van der Waals surface area contributed by atoms with E-state index in [0.29, 0.717) is 84.0 Å². The molecule has 0 bridgehead atoms. The average molecular weight is 902 g/mol. The van der Waals surface area contributed by atoms with Crippen LogP contribution in [0.4, 0.5) is 18.9 Å². The van der Waals surface area contributed by atoms with Gasteiger partial charge >= 0.3 is 0 Å². The minimum atomic E-state index is -0.685. The number of benzene rings is 1. The molecule has 16 heteroatoms. The molecule has 0 unspecified atom stereocenters. The number of ether oxygens (including phenoxy) is 2. The quantitative estimate of drug-likeness (QED) is 0.155. The maximum Gasteiger partial charge on any atom is 0.237 e. The van der Waals surface area contributed by atoms with Gasteiger partial charge in [-0.3, -0.25) is 9.78 Å². The van der Waals surface area contributed by atoms with Crippen LogP contribution < -0.4 is 15.0 Å². The molecule has 5 aliphatic heterocycles. The first-order valence-corrected chi connectivity index (χ1v) is 21.5. The number of hydrogen-bond acceptors (Lipinski definition) is 10. The van der Waals surface area contributed by atoms with Crippen molar-refractivity contribution in [2.24, 2.45) is 0 Å². The van der Waals surface area contributed by atoms with Crippen LogP contribution in [-0.4, -0.2) is 152 Å². The molecule has 1 spiro atoms. The molecule has 0 radical (unpaired) electrons. The van der Waals surface area contributed by atoms with Gasteiger partial charge in [-0.1, -0.05) is 22.0 Å². The van der Waals surface area contributed by atoms with E-state index < -0.39 is 23.9 Å². The summed E-state index contributed by atoms with van der Waals surface area (Å²) >= 11 is 3.15. The number of amides is 1. The number of aliphatic hydroxyl groups is 2. The Kier molecular flexibility index (Phi) is 20.4. The molecule has 4 fully saturated rings. The van der Waals surface area contributed by atoms with Gasteiger partial charge in [-0.05, 0) is 81.7 Å². The van der Waals surface area contributed by atoms with Crippen molar-refractivity contribution >= 4 is 50.8 Å². The van der Waals surface area contributed by atoms with Crippen LogP contribution in [0.5, 0.6) is 5.88 Å². The highest BCUT2D eigenvalue weighted by Gasteiger charge is 2.51. The number of fused-ring (bicyclic) bond motifs is 4. The lowest BCUT2D eigenvalue weighted by molar-refractivity contribution is -0.126. The largest absolute Gasteiger partial charge is 0.478 e. The highest BCUT2D eigenvalue weighted by molar-refractivity contribution is 9.09. The topological polar surface area (TPSA) is 124 Å². The number of aliphatic hydroxyl groups excluding tert-OH is 2. The second-order valence-electron chi connectivity index (χ2n) is 15.2. The first kappa shape index (κ1) is 48.0. The second-order valence-corrected chi connectivity index (χ2v) is 16.0. The fourth-order valence-corrected chi connectivity index (χ4v) is 8.14. The number of alkyl halides is 4. The zero-order valence-electron chi connectivity index (χ0n) is 33.6. The summed E-state index contributed by atoms with van der Waals surface area (Å²) in [5.41, 5.74) is 4.32. The van der Waals surface area contributed by atoms with E-state index in [1.165, 1.54) is 0 Å². The summed E-state index contributed by atoms with van der Waals surface area (Å²) in [6.45, 7) is 8.16. The molecule has 1 amide bonds. The number of nitrogens with one attached hydrogen (secondary N) is 1. The highest BCUT2D eigenvalue weighted by atomic mass is 79.9. The fourth-order valence-electron chi connectivity index (χ4n) is 7.89. The van der Waals surface area contributed by atoms with Crippen LogP contribution in [0.25, 0.3) is 22.0 Å². The molecule has 2 aromatic heterocycles. The molecule has 7 heterocycles. The van der Waals surface area contributed by atoms with E-state index in [0.717, 1.165) is 90.6 Å². The molecular formula is C42H61BrClF3N6O5. The van der Waals surface area contributed by atoms with E-state index in [1.54, 1.807) is 4.90 Å². The highest BCUT2D eigenvalue weighted by Crippen LogP contribution is 2.50. The van der Waals surface area contributed by atoms with Crippen LogP contribution in [-0.2, 0) is 14.9 Å². The standard InChI is InChI=1S/C28H31FN4O3.C7H14FNO.C4H8FN.C3H7BrO.ClH/c1-32-24-17-30-23-5-3-19(15-22(23)26(24)28(27(32)34)8-13-35-14-9-28)20-4-6-25(31-16-20)36-12-2-10-33-11-7-21(29)18-33;8-7-2-4-9(6-7)3-1-5-10;5-4-1-2-6-3-4;4-2-1-3-5;/h3-6,15-17,21H,2,7-14,18H2,1H3;7,10H,1-6H2;4,6H,1-3H2;5H,1-3H2;1H/t21-;7-;4-;;/m000../s1. The summed E-state index contributed by atoms with van der Waals surface area (Å²) in [6.07, 6.45) is 7.64. The number of rotatable bonds is 11. The molecular weight excluding hydrogens is 841 g/mol. The van der Waals surface area contributed by atoms with Gasteiger partial charge in [-0.25, -0.2) is 18.2 Å². The molecule has 324 valence electrons. The van der Waals surface area contributed by atoms with Crippen LogP contribution in [0.15, 0.2) is 42.7 Å². The average Bonchev–Trinajstić information content (AvgIpc) is 4.04. The van der Waals surface area contributed by atoms with Crippen molar-refractivity contribution in [1.82, 2.24) is 25.1 Å². The van der Waals surface area contributed by atoms with Crippen molar-refractivity contribution in [3.8, 4) is 17.0 Å². The van der Waals surface area contributed by atoms with Crippen molar-refractivity contribution in [2.75, 3.05) is 103 Å². The summed E-state index contributed by atoms with van der Waals surface area (Å²) in [5, 5.41) is 21.3. The SMILES string of the molecule is CN1C(=O)C2(CCOCC2)c2c1cnc1ccc(-c3ccc(OCCCN4CC[C@H](F)C4)nc3)cc21.Cl.F[C@H]1CCNC1.OCCCBr.OCCCN1CC[C@H](F)C1. The van der Waals surface area contributed by atoms with Gasteiger partial charge in [0, 0.05) is 113 Å². The molecule has 3 atom stereocenters. The van der Waals surface area contributed by atoms with Crippen molar-refractivity contribution in [3.63, 3.8) is 0 Å². The molecule has 8 rings (SSSR count). The van der Waals surface area contributed by atoms with E-state index in [1.807, 2.05) is 43.7 Å². The number of hydrogen-bond donors (Lipinski definition) is 3. The Balaban J connectivity index is 0.000000276. The Morgan fingerprint density at radius 2 is 1.57 bits per heavy atom. The van der Waals surface area contributed by atoms with E-state index >= 15 is 0 Å². The lowest BCUT2D eigenvalue weighted by atomic mass is 9.74. The maximum absolute atomic E-state index is 13.4. The summed E-state index contributed by atoms with van der Waals surface area (Å²) in [4.78, 5) is 28.5. The number of nitrogens with zero attached hydrogens (tertiary/aromatic N) is 5. The molecule has 3 aromatic rings. The molecule has 58 heavy (non-hydrogen) atoms. The van der Waals surface area contributed by atoms with Crippen LogP contribution in [0.2, 0.25) is 0 Å². The number of aromatic nitrogens is 2. The Morgan fingerprint density at radius 1 is 0.897 bits per heavy atom. The molecule has 3 N–H and O–H groups in total. The number of pyridine rings is 2. The number of likely N-dealkylation sites (N-methyl/N-ethyl adjacent to an activating group) is 1. The third kappa shape index (κ3) is 13.2. The van der Waals surface area contributed by atoms with Crippen molar-refractivity contribution in [3.05, 3.63) is 48.3 Å². The molecule has 4 saturated heterocycles. The van der Waals surface area contributed by atoms with Gasteiger partial charge in [0.2, 0.25) is 11.8 Å². The monoisotopic (exact) mass is 900 g/mol. The van der Waals surface area contributed by atoms with E-state index in [-0.39, 0.29) is 24.9 Å². The van der Waals surface area contributed by atoms with Gasteiger partial charge in [0.25, 0.3) is 0 Å². The van der Waals surface area contributed by atoms with Gasteiger partial charge in [0.1, 0.15) is 18.5 Å². The lowest BCUT2D eigenvalue weighted by Crippen LogP contribution is -2.43. The van der Waals surface area contributed by atoms with Gasteiger partial charge in [-0.15, -0.1) is 12.4 Å². The Hall–Kier alpha value is -2.63. The van der Waals surface area contributed by atoms with Gasteiger partial charge in [0.05, 0.1) is 29.4 Å². The smallest absolute Gasteiger partial charge is 0.237 e. The number of halogens is 5. The van der Waals surface area contributed by atoms with Crippen molar-refractivity contribution in [1.29, 1.82) is 0 Å². The van der Waals surface area contributed by atoms with Crippen LogP contribution in [0.3, 0.4) is 0 Å². The lowest BCUT2D eigenvalue weighted by Gasteiger charge is -2.32. The normalized spacial score (nSPS) is 22.4. The molecule has 0 saturated carbocycles. The molecule has 1 aromatic carbocycles. The Labute approximate surface area is 355 Å². The first-order valence-electron chi connectivity index (χ1n) is 20.4. The number of likely N-dealkylation sites (tertiary alicyclic amines) is 2. The maximum atomic E-state index is 13.4. The zero-order valence-corrected chi connectivity index (χ0v) is 36.0. The predicted octanol–water partition coefficient (Wildman–Crippen LogP) is 6.05. The first-order chi connectivity index (χ1) is 27.7. The summed E-state index contributed by atoms with van der Waals surface area (Å²) in [7, 11) is 1.84. The summed E-state index contributed by atoms with van der Waals surface area (Å²) < 4.78 is 49.1. The second kappa shape index (κ2) is 24.6. The van der Waals surface area contributed by atoms with Crippen LogP contribution >= 0.6 is 28.3 Å². The van der Waals surface area contributed by atoms with Gasteiger partial charge < -0.3 is 39.7 Å².